The zero-order chi connectivity index (χ0) is 17.8. The van der Waals surface area contributed by atoms with Gasteiger partial charge in [-0.3, -0.25) is 9.36 Å². The van der Waals surface area contributed by atoms with E-state index in [4.69, 9.17) is 9.47 Å². The number of benzene rings is 2. The molecule has 25 heavy (non-hydrogen) atoms. The molecule has 1 atom stereocenters. The third-order valence-corrected chi connectivity index (χ3v) is 3.70. The summed E-state index contributed by atoms with van der Waals surface area (Å²) in [5, 5.41) is 10.4. The largest absolute Gasteiger partial charge is 0.497 e. The molecule has 0 aliphatic carbocycles. The van der Waals surface area contributed by atoms with Gasteiger partial charge in [-0.05, 0) is 36.4 Å². The SMILES string of the molecule is COc1ccc(OC[C@H](O)Cn2cnc3cc(F)ccc3c2=O)cc1. The lowest BCUT2D eigenvalue weighted by Gasteiger charge is -2.14. The fraction of sp³-hybridized carbons (Fsp3) is 0.222. The van der Waals surface area contributed by atoms with Gasteiger partial charge in [0.2, 0.25) is 0 Å². The van der Waals surface area contributed by atoms with Gasteiger partial charge in [0.05, 0.1) is 30.9 Å². The number of hydrogen-bond donors (Lipinski definition) is 1. The summed E-state index contributed by atoms with van der Waals surface area (Å²) < 4.78 is 25.0. The Morgan fingerprint density at radius 3 is 2.64 bits per heavy atom. The van der Waals surface area contributed by atoms with Crippen molar-refractivity contribution in [3.8, 4) is 11.5 Å². The molecule has 0 radical (unpaired) electrons. The standard InChI is InChI=1S/C18H17FN2O4/c1-24-14-3-5-15(6-4-14)25-10-13(22)9-21-11-20-17-8-12(19)2-7-16(17)18(21)23/h2-8,11,13,22H,9-10H2,1H3/t13-/m1/s1. The summed E-state index contributed by atoms with van der Waals surface area (Å²) in [5.74, 6) is 0.836. The number of aromatic nitrogens is 2. The summed E-state index contributed by atoms with van der Waals surface area (Å²) in [6.07, 6.45) is 0.389. The molecule has 3 rings (SSSR count). The molecule has 1 aromatic heterocycles. The van der Waals surface area contributed by atoms with Gasteiger partial charge < -0.3 is 14.6 Å². The first-order valence-corrected chi connectivity index (χ1v) is 7.66. The minimum absolute atomic E-state index is 0.0141. The lowest BCUT2D eigenvalue weighted by Crippen LogP contribution is -2.30. The van der Waals surface area contributed by atoms with Gasteiger partial charge in [0.15, 0.2) is 0 Å². The number of halogens is 1. The summed E-state index contributed by atoms with van der Waals surface area (Å²) in [5.41, 5.74) is -0.0567. The molecule has 0 aliphatic heterocycles. The van der Waals surface area contributed by atoms with Gasteiger partial charge in [0.1, 0.15) is 30.0 Å². The highest BCUT2D eigenvalue weighted by molar-refractivity contribution is 5.77. The normalized spacial score (nSPS) is 12.1. The van der Waals surface area contributed by atoms with Crippen LogP contribution in [0.25, 0.3) is 10.9 Å². The predicted molar refractivity (Wildman–Crippen MR) is 90.5 cm³/mol. The van der Waals surface area contributed by atoms with Crippen LogP contribution in [-0.4, -0.2) is 34.5 Å². The van der Waals surface area contributed by atoms with Crippen LogP contribution in [-0.2, 0) is 6.54 Å². The minimum atomic E-state index is -0.903. The van der Waals surface area contributed by atoms with E-state index < -0.39 is 11.9 Å². The molecule has 0 aliphatic rings. The Morgan fingerprint density at radius 2 is 1.92 bits per heavy atom. The topological polar surface area (TPSA) is 73.6 Å². The Bertz CT molecular complexity index is 925. The number of aliphatic hydroxyl groups excluding tert-OH is 1. The minimum Gasteiger partial charge on any atom is -0.497 e. The first-order chi connectivity index (χ1) is 12.1. The summed E-state index contributed by atoms with van der Waals surface area (Å²) in [4.78, 5) is 16.4. The van der Waals surface area contributed by atoms with Crippen molar-refractivity contribution in [1.29, 1.82) is 0 Å². The van der Waals surface area contributed by atoms with E-state index >= 15 is 0 Å². The number of hydrogen-bond acceptors (Lipinski definition) is 5. The quantitative estimate of drug-likeness (QED) is 0.740. The zero-order valence-corrected chi connectivity index (χ0v) is 13.6. The Kier molecular flexibility index (Phi) is 4.95. The highest BCUT2D eigenvalue weighted by Crippen LogP contribution is 2.17. The van der Waals surface area contributed by atoms with Crippen molar-refractivity contribution in [2.45, 2.75) is 12.6 Å². The van der Waals surface area contributed by atoms with E-state index in [0.717, 1.165) is 0 Å². The molecule has 1 N–H and O–H groups in total. The summed E-state index contributed by atoms with van der Waals surface area (Å²) in [6.45, 7) is 0.0372. The van der Waals surface area contributed by atoms with Crippen LogP contribution in [0.15, 0.2) is 53.6 Å². The van der Waals surface area contributed by atoms with Crippen LogP contribution in [0.4, 0.5) is 4.39 Å². The van der Waals surface area contributed by atoms with Crippen molar-refractivity contribution < 1.29 is 19.0 Å². The van der Waals surface area contributed by atoms with Gasteiger partial charge in [-0.1, -0.05) is 0 Å². The molecular weight excluding hydrogens is 327 g/mol. The second-order valence-electron chi connectivity index (χ2n) is 5.50. The Labute approximate surface area is 143 Å². The highest BCUT2D eigenvalue weighted by Gasteiger charge is 2.11. The van der Waals surface area contributed by atoms with Gasteiger partial charge in [-0.25, -0.2) is 9.37 Å². The number of methoxy groups -OCH3 is 1. The first-order valence-electron chi connectivity index (χ1n) is 7.66. The molecule has 2 aromatic carbocycles. The van der Waals surface area contributed by atoms with Gasteiger partial charge in [0.25, 0.3) is 5.56 Å². The van der Waals surface area contributed by atoms with Crippen molar-refractivity contribution >= 4 is 10.9 Å². The van der Waals surface area contributed by atoms with E-state index in [1.54, 1.807) is 31.4 Å². The van der Waals surface area contributed by atoms with Crippen molar-refractivity contribution in [2.75, 3.05) is 13.7 Å². The maximum Gasteiger partial charge on any atom is 0.261 e. The average molecular weight is 344 g/mol. The maximum absolute atomic E-state index is 13.2. The molecular formula is C18H17FN2O4. The summed E-state index contributed by atoms with van der Waals surface area (Å²) >= 11 is 0. The molecule has 0 fully saturated rings. The van der Waals surface area contributed by atoms with Crippen molar-refractivity contribution in [3.63, 3.8) is 0 Å². The molecule has 0 saturated carbocycles. The van der Waals surface area contributed by atoms with Crippen molar-refractivity contribution in [1.82, 2.24) is 9.55 Å². The van der Waals surface area contributed by atoms with Crippen LogP contribution in [0.2, 0.25) is 0 Å². The van der Waals surface area contributed by atoms with Crippen molar-refractivity contribution in [2.24, 2.45) is 0 Å². The van der Waals surface area contributed by atoms with Gasteiger partial charge in [-0.15, -0.1) is 0 Å². The Morgan fingerprint density at radius 1 is 1.20 bits per heavy atom. The molecule has 0 spiro atoms. The van der Waals surface area contributed by atoms with Crippen molar-refractivity contribution in [3.05, 3.63) is 65.0 Å². The molecule has 6 nitrogen and oxygen atoms in total. The van der Waals surface area contributed by atoms with Crippen LogP contribution in [0.5, 0.6) is 11.5 Å². The number of rotatable bonds is 6. The number of ether oxygens (including phenoxy) is 2. The van der Waals surface area contributed by atoms with E-state index in [0.29, 0.717) is 16.9 Å². The second kappa shape index (κ2) is 7.31. The molecule has 130 valence electrons. The van der Waals surface area contributed by atoms with Crippen LogP contribution in [0.1, 0.15) is 0 Å². The molecule has 0 bridgehead atoms. The lowest BCUT2D eigenvalue weighted by atomic mass is 10.2. The van der Waals surface area contributed by atoms with E-state index in [9.17, 15) is 14.3 Å². The Hall–Kier alpha value is -2.93. The molecule has 0 saturated heterocycles. The third kappa shape index (κ3) is 3.95. The smallest absolute Gasteiger partial charge is 0.261 e. The molecule has 0 unspecified atom stereocenters. The van der Waals surface area contributed by atoms with Gasteiger partial charge in [-0.2, -0.15) is 0 Å². The zero-order valence-electron chi connectivity index (χ0n) is 13.6. The highest BCUT2D eigenvalue weighted by atomic mass is 19.1. The molecule has 3 aromatic rings. The van der Waals surface area contributed by atoms with E-state index in [-0.39, 0.29) is 24.2 Å². The monoisotopic (exact) mass is 344 g/mol. The van der Waals surface area contributed by atoms with E-state index in [1.165, 1.54) is 29.1 Å². The van der Waals surface area contributed by atoms with E-state index in [1.807, 2.05) is 0 Å². The predicted octanol–water partition coefficient (Wildman–Crippen LogP) is 1.98. The molecule has 0 amide bonds. The summed E-state index contributed by atoms with van der Waals surface area (Å²) in [6, 6.07) is 10.7. The van der Waals surface area contributed by atoms with E-state index in [2.05, 4.69) is 4.98 Å². The lowest BCUT2D eigenvalue weighted by molar-refractivity contribution is 0.0914. The van der Waals surface area contributed by atoms with Crippen LogP contribution in [0, 0.1) is 5.82 Å². The second-order valence-corrected chi connectivity index (χ2v) is 5.50. The third-order valence-electron chi connectivity index (χ3n) is 3.70. The molecule has 1 heterocycles. The number of aliphatic hydroxyl groups is 1. The molecule has 7 heteroatoms. The summed E-state index contributed by atoms with van der Waals surface area (Å²) in [7, 11) is 1.57. The maximum atomic E-state index is 13.2. The van der Waals surface area contributed by atoms with Crippen LogP contribution in [0.3, 0.4) is 0 Å². The van der Waals surface area contributed by atoms with Gasteiger partial charge >= 0.3 is 0 Å². The average Bonchev–Trinajstić information content (AvgIpc) is 2.62. The number of fused-ring (bicyclic) bond motifs is 1. The fourth-order valence-electron chi connectivity index (χ4n) is 2.41. The van der Waals surface area contributed by atoms with Crippen LogP contribution >= 0.6 is 0 Å². The van der Waals surface area contributed by atoms with Crippen LogP contribution < -0.4 is 15.0 Å². The Balaban J connectivity index is 1.67. The van der Waals surface area contributed by atoms with Gasteiger partial charge in [0, 0.05) is 6.07 Å². The fourth-order valence-corrected chi connectivity index (χ4v) is 2.41. The number of nitrogens with zero attached hydrogens (tertiary/aromatic N) is 2. The first kappa shape index (κ1) is 16.9.